The minimum atomic E-state index is -0.147. The van der Waals surface area contributed by atoms with Gasteiger partial charge in [-0.05, 0) is 20.3 Å². The molecule has 132 valence electrons. The van der Waals surface area contributed by atoms with Crippen LogP contribution in [0.25, 0.3) is 0 Å². The van der Waals surface area contributed by atoms with Gasteiger partial charge in [-0.2, -0.15) is 0 Å². The Hall–Kier alpha value is -2.64. The van der Waals surface area contributed by atoms with Gasteiger partial charge in [0.15, 0.2) is 0 Å². The van der Waals surface area contributed by atoms with E-state index in [0.29, 0.717) is 38.3 Å². The second-order valence-electron chi connectivity index (χ2n) is 7.17. The monoisotopic (exact) mass is 343 g/mol. The van der Waals surface area contributed by atoms with Crippen molar-refractivity contribution in [2.24, 2.45) is 5.41 Å². The zero-order chi connectivity index (χ0) is 17.6. The second-order valence-corrected chi connectivity index (χ2v) is 7.17. The SMILES string of the molecule is Cc1noc(C)c1CN1C[C@]2(CCN(C(=O)c3cnc[nH]3)C2)CC1=O. The number of carbonyl (C=O) groups excluding carboxylic acids is 2. The third-order valence-electron chi connectivity index (χ3n) is 5.39. The summed E-state index contributed by atoms with van der Waals surface area (Å²) in [6.45, 7) is 6.23. The van der Waals surface area contributed by atoms with Gasteiger partial charge in [0.2, 0.25) is 5.91 Å². The molecule has 0 aliphatic carbocycles. The Kier molecular flexibility index (Phi) is 3.63. The van der Waals surface area contributed by atoms with Crippen LogP contribution in [-0.2, 0) is 11.3 Å². The lowest BCUT2D eigenvalue weighted by atomic mass is 9.86. The highest BCUT2D eigenvalue weighted by Crippen LogP contribution is 2.41. The largest absolute Gasteiger partial charge is 0.361 e. The third-order valence-corrected chi connectivity index (χ3v) is 5.39. The number of rotatable bonds is 3. The normalized spacial score (nSPS) is 23.2. The van der Waals surface area contributed by atoms with E-state index in [1.807, 2.05) is 23.6 Å². The number of H-pyrrole nitrogens is 1. The van der Waals surface area contributed by atoms with Crippen LogP contribution in [0.4, 0.5) is 0 Å². The second kappa shape index (κ2) is 5.72. The van der Waals surface area contributed by atoms with Crippen LogP contribution in [0, 0.1) is 19.3 Å². The summed E-state index contributed by atoms with van der Waals surface area (Å²) in [7, 11) is 0. The Morgan fingerprint density at radius 1 is 1.40 bits per heavy atom. The summed E-state index contributed by atoms with van der Waals surface area (Å²) in [6, 6.07) is 0. The van der Waals surface area contributed by atoms with Crippen molar-refractivity contribution in [2.45, 2.75) is 33.2 Å². The van der Waals surface area contributed by atoms with E-state index in [1.54, 1.807) is 0 Å². The highest BCUT2D eigenvalue weighted by Gasteiger charge is 2.48. The zero-order valence-electron chi connectivity index (χ0n) is 14.4. The molecule has 2 aliphatic heterocycles. The Labute approximate surface area is 145 Å². The number of carbonyl (C=O) groups is 2. The van der Waals surface area contributed by atoms with Crippen LogP contribution >= 0.6 is 0 Å². The maximum Gasteiger partial charge on any atom is 0.271 e. The summed E-state index contributed by atoms with van der Waals surface area (Å²) in [6.07, 6.45) is 4.38. The van der Waals surface area contributed by atoms with Crippen LogP contribution in [0.15, 0.2) is 17.0 Å². The molecule has 0 unspecified atom stereocenters. The molecule has 4 rings (SSSR count). The number of nitrogens with zero attached hydrogens (tertiary/aromatic N) is 4. The van der Waals surface area contributed by atoms with Crippen molar-refractivity contribution >= 4 is 11.8 Å². The average Bonchev–Trinajstić information content (AvgIpc) is 3.34. The van der Waals surface area contributed by atoms with Gasteiger partial charge in [0.1, 0.15) is 11.5 Å². The number of nitrogens with one attached hydrogen (secondary N) is 1. The van der Waals surface area contributed by atoms with Crippen LogP contribution in [0.3, 0.4) is 0 Å². The number of aryl methyl sites for hydroxylation is 2. The molecular formula is C17H21N5O3. The number of amides is 2. The molecule has 4 heterocycles. The van der Waals surface area contributed by atoms with Crippen LogP contribution in [0.1, 0.15) is 40.3 Å². The number of hydrogen-bond acceptors (Lipinski definition) is 5. The summed E-state index contributed by atoms with van der Waals surface area (Å²) >= 11 is 0. The van der Waals surface area contributed by atoms with Gasteiger partial charge >= 0.3 is 0 Å². The number of hydrogen-bond donors (Lipinski definition) is 1. The van der Waals surface area contributed by atoms with E-state index >= 15 is 0 Å². The summed E-state index contributed by atoms with van der Waals surface area (Å²) in [4.78, 5) is 35.5. The molecule has 1 atom stereocenters. The molecule has 1 spiro atoms. The molecule has 2 aromatic rings. The quantitative estimate of drug-likeness (QED) is 0.906. The van der Waals surface area contributed by atoms with E-state index in [9.17, 15) is 9.59 Å². The van der Waals surface area contributed by atoms with E-state index in [2.05, 4.69) is 15.1 Å². The molecule has 2 amide bonds. The highest BCUT2D eigenvalue weighted by atomic mass is 16.5. The molecule has 2 fully saturated rings. The van der Waals surface area contributed by atoms with Crippen molar-refractivity contribution in [1.82, 2.24) is 24.9 Å². The minimum absolute atomic E-state index is 0.0500. The van der Waals surface area contributed by atoms with Crippen LogP contribution < -0.4 is 0 Å². The van der Waals surface area contributed by atoms with E-state index in [1.165, 1.54) is 12.5 Å². The standard InChI is InChI=1S/C17H21N5O3/c1-11-13(12(2)25-20-11)7-22-9-17(5-15(22)23)3-4-21(8-17)16(24)14-6-18-10-19-14/h6,10H,3-5,7-9H2,1-2H3,(H,18,19)/t17-/m1/s1. The lowest BCUT2D eigenvalue weighted by Gasteiger charge is -2.24. The molecule has 0 radical (unpaired) electrons. The predicted octanol–water partition coefficient (Wildman–Crippen LogP) is 1.28. The molecular weight excluding hydrogens is 322 g/mol. The topological polar surface area (TPSA) is 95.3 Å². The lowest BCUT2D eigenvalue weighted by Crippen LogP contribution is -2.34. The molecule has 25 heavy (non-hydrogen) atoms. The first-order valence-corrected chi connectivity index (χ1v) is 8.45. The van der Waals surface area contributed by atoms with Gasteiger partial charge < -0.3 is 19.3 Å². The summed E-state index contributed by atoms with van der Waals surface area (Å²) < 4.78 is 5.20. The van der Waals surface area contributed by atoms with Gasteiger partial charge in [0.05, 0.1) is 24.8 Å². The Bertz CT molecular complexity index is 793. The minimum Gasteiger partial charge on any atom is -0.361 e. The molecule has 8 heteroatoms. The summed E-state index contributed by atoms with van der Waals surface area (Å²) in [5.74, 6) is 0.843. The highest BCUT2D eigenvalue weighted by molar-refractivity contribution is 5.92. The number of aromatic amines is 1. The van der Waals surface area contributed by atoms with Gasteiger partial charge in [-0.25, -0.2) is 4.98 Å². The average molecular weight is 343 g/mol. The maximum absolute atomic E-state index is 12.5. The first kappa shape index (κ1) is 15.9. The Balaban J connectivity index is 1.46. The van der Waals surface area contributed by atoms with Crippen molar-refractivity contribution < 1.29 is 14.1 Å². The molecule has 2 aliphatic rings. The lowest BCUT2D eigenvalue weighted by molar-refractivity contribution is -0.128. The first-order valence-electron chi connectivity index (χ1n) is 8.45. The van der Waals surface area contributed by atoms with Crippen LogP contribution in [0.2, 0.25) is 0 Å². The van der Waals surface area contributed by atoms with Gasteiger partial charge in [0.25, 0.3) is 5.91 Å². The van der Waals surface area contributed by atoms with Crippen molar-refractivity contribution in [3.05, 3.63) is 35.2 Å². The number of aromatic nitrogens is 3. The molecule has 0 aromatic carbocycles. The molecule has 8 nitrogen and oxygen atoms in total. The van der Waals surface area contributed by atoms with Crippen LogP contribution in [-0.4, -0.2) is 56.4 Å². The van der Waals surface area contributed by atoms with Gasteiger partial charge in [-0.3, -0.25) is 9.59 Å². The van der Waals surface area contributed by atoms with Crippen molar-refractivity contribution in [2.75, 3.05) is 19.6 Å². The molecule has 0 saturated carbocycles. The summed E-state index contributed by atoms with van der Waals surface area (Å²) in [5, 5.41) is 3.96. The van der Waals surface area contributed by atoms with Crippen molar-refractivity contribution in [3.8, 4) is 0 Å². The van der Waals surface area contributed by atoms with E-state index in [-0.39, 0.29) is 17.2 Å². The van der Waals surface area contributed by atoms with E-state index in [0.717, 1.165) is 23.4 Å². The van der Waals surface area contributed by atoms with Crippen LogP contribution in [0.5, 0.6) is 0 Å². The fourth-order valence-corrected chi connectivity index (χ4v) is 3.97. The Morgan fingerprint density at radius 2 is 2.24 bits per heavy atom. The third kappa shape index (κ3) is 2.71. The number of likely N-dealkylation sites (tertiary alicyclic amines) is 2. The van der Waals surface area contributed by atoms with E-state index in [4.69, 9.17) is 4.52 Å². The number of imidazole rings is 1. The van der Waals surface area contributed by atoms with Gasteiger partial charge in [-0.1, -0.05) is 5.16 Å². The Morgan fingerprint density at radius 3 is 2.92 bits per heavy atom. The fourth-order valence-electron chi connectivity index (χ4n) is 3.97. The molecule has 2 aromatic heterocycles. The first-order chi connectivity index (χ1) is 12.0. The fraction of sp³-hybridized carbons (Fsp3) is 0.529. The maximum atomic E-state index is 12.5. The van der Waals surface area contributed by atoms with Crippen molar-refractivity contribution in [3.63, 3.8) is 0 Å². The zero-order valence-corrected chi connectivity index (χ0v) is 14.4. The van der Waals surface area contributed by atoms with Gasteiger partial charge in [-0.15, -0.1) is 0 Å². The smallest absolute Gasteiger partial charge is 0.271 e. The summed E-state index contributed by atoms with van der Waals surface area (Å²) in [5.41, 5.74) is 2.16. The predicted molar refractivity (Wildman–Crippen MR) is 87.6 cm³/mol. The molecule has 2 saturated heterocycles. The molecule has 1 N–H and O–H groups in total. The van der Waals surface area contributed by atoms with E-state index < -0.39 is 0 Å². The van der Waals surface area contributed by atoms with Gasteiger partial charge in [0, 0.05) is 37.0 Å². The van der Waals surface area contributed by atoms with Crippen molar-refractivity contribution in [1.29, 1.82) is 0 Å². The molecule has 0 bridgehead atoms.